The summed E-state index contributed by atoms with van der Waals surface area (Å²) in [5.74, 6) is -1.04. The molecular formula is C22H20N2O4. The van der Waals surface area contributed by atoms with Crippen LogP contribution in [-0.2, 0) is 11.2 Å². The molecule has 2 amide bonds. The van der Waals surface area contributed by atoms with E-state index in [1.165, 1.54) is 17.0 Å². The molecule has 3 N–H and O–H groups in total. The molecule has 6 nitrogen and oxygen atoms in total. The first-order valence-corrected chi connectivity index (χ1v) is 8.76. The average Bonchev–Trinajstić information content (AvgIpc) is 2.71. The second-order valence-electron chi connectivity index (χ2n) is 6.22. The van der Waals surface area contributed by atoms with Gasteiger partial charge in [-0.1, -0.05) is 48.5 Å². The van der Waals surface area contributed by atoms with Gasteiger partial charge in [-0.3, -0.25) is 4.90 Å². The quantitative estimate of drug-likeness (QED) is 0.608. The van der Waals surface area contributed by atoms with Crippen LogP contribution in [0.25, 0.3) is 0 Å². The van der Waals surface area contributed by atoms with Crippen LogP contribution in [0.5, 0.6) is 5.75 Å². The van der Waals surface area contributed by atoms with Crippen LogP contribution in [0.1, 0.15) is 5.56 Å². The number of benzene rings is 3. The third kappa shape index (κ3) is 4.67. The Labute approximate surface area is 162 Å². The highest BCUT2D eigenvalue weighted by molar-refractivity contribution is 6.00. The van der Waals surface area contributed by atoms with E-state index in [0.29, 0.717) is 16.9 Å². The molecule has 0 spiro atoms. The minimum absolute atomic E-state index is 0.0960. The van der Waals surface area contributed by atoms with Crippen molar-refractivity contribution in [2.45, 2.75) is 12.5 Å². The number of amides is 2. The number of phenolic OH excluding ortho intramolecular Hbond substituents is 1. The molecule has 0 aliphatic rings. The molecule has 0 aromatic heterocycles. The topological polar surface area (TPSA) is 89.9 Å². The molecule has 6 heteroatoms. The fourth-order valence-electron chi connectivity index (χ4n) is 2.82. The molecule has 0 heterocycles. The van der Waals surface area contributed by atoms with E-state index < -0.39 is 18.0 Å². The summed E-state index contributed by atoms with van der Waals surface area (Å²) in [7, 11) is 0. The fraction of sp³-hybridized carbons (Fsp3) is 0.0909. The summed E-state index contributed by atoms with van der Waals surface area (Å²) in [5, 5.41) is 21.6. The number of hydrogen-bond donors (Lipinski definition) is 3. The monoisotopic (exact) mass is 376 g/mol. The SMILES string of the molecule is O=C(O)C(Cc1ccc(O)cc1)NC(=O)N(c1ccccc1)c1ccccc1. The van der Waals surface area contributed by atoms with Crippen LogP contribution in [0.15, 0.2) is 84.9 Å². The number of carboxylic acid groups (broad SMARTS) is 1. The fourth-order valence-corrected chi connectivity index (χ4v) is 2.82. The van der Waals surface area contributed by atoms with Gasteiger partial charge in [-0.05, 0) is 42.0 Å². The number of aliphatic carboxylic acids is 1. The highest BCUT2D eigenvalue weighted by Crippen LogP contribution is 2.25. The Hall–Kier alpha value is -3.80. The second kappa shape index (κ2) is 8.73. The maximum Gasteiger partial charge on any atom is 0.327 e. The highest BCUT2D eigenvalue weighted by atomic mass is 16.4. The van der Waals surface area contributed by atoms with E-state index >= 15 is 0 Å². The minimum atomic E-state index is -1.14. The largest absolute Gasteiger partial charge is 0.508 e. The lowest BCUT2D eigenvalue weighted by atomic mass is 10.1. The summed E-state index contributed by atoms with van der Waals surface area (Å²) in [5.41, 5.74) is 1.94. The Morgan fingerprint density at radius 2 is 1.32 bits per heavy atom. The number of aromatic hydroxyl groups is 1. The molecule has 0 saturated carbocycles. The second-order valence-corrected chi connectivity index (χ2v) is 6.22. The molecule has 142 valence electrons. The van der Waals surface area contributed by atoms with Crippen LogP contribution in [0.4, 0.5) is 16.2 Å². The van der Waals surface area contributed by atoms with Gasteiger partial charge in [0.05, 0.1) is 11.4 Å². The summed E-state index contributed by atoms with van der Waals surface area (Å²) < 4.78 is 0. The molecule has 0 saturated heterocycles. The molecule has 28 heavy (non-hydrogen) atoms. The van der Waals surface area contributed by atoms with Crippen molar-refractivity contribution >= 4 is 23.4 Å². The Bertz CT molecular complexity index is 888. The molecule has 1 atom stereocenters. The lowest BCUT2D eigenvalue weighted by Gasteiger charge is -2.25. The number of hydrogen-bond acceptors (Lipinski definition) is 3. The maximum atomic E-state index is 13.0. The molecular weight excluding hydrogens is 356 g/mol. The smallest absolute Gasteiger partial charge is 0.327 e. The first kappa shape index (κ1) is 19.0. The highest BCUT2D eigenvalue weighted by Gasteiger charge is 2.25. The van der Waals surface area contributed by atoms with Crippen molar-refractivity contribution in [2.75, 3.05) is 4.90 Å². The summed E-state index contributed by atoms with van der Waals surface area (Å²) in [6, 6.07) is 22.6. The molecule has 0 radical (unpaired) electrons. The summed E-state index contributed by atoms with van der Waals surface area (Å²) in [6.07, 6.45) is 0.0960. The van der Waals surface area contributed by atoms with Crippen LogP contribution in [0.3, 0.4) is 0 Å². The summed E-state index contributed by atoms with van der Waals surface area (Å²) >= 11 is 0. The molecule has 0 aliphatic carbocycles. The average molecular weight is 376 g/mol. The Morgan fingerprint density at radius 3 is 1.79 bits per heavy atom. The van der Waals surface area contributed by atoms with Crippen LogP contribution in [-0.4, -0.2) is 28.3 Å². The Morgan fingerprint density at radius 1 is 0.821 bits per heavy atom. The van der Waals surface area contributed by atoms with Gasteiger partial charge in [0.1, 0.15) is 11.8 Å². The molecule has 0 fully saturated rings. The van der Waals surface area contributed by atoms with Gasteiger partial charge in [0.2, 0.25) is 0 Å². The van der Waals surface area contributed by atoms with E-state index in [1.54, 1.807) is 36.4 Å². The first-order valence-electron chi connectivity index (χ1n) is 8.76. The van der Waals surface area contributed by atoms with E-state index in [4.69, 9.17) is 0 Å². The summed E-state index contributed by atoms with van der Waals surface area (Å²) in [4.78, 5) is 26.2. The van der Waals surface area contributed by atoms with Gasteiger partial charge >= 0.3 is 12.0 Å². The number of phenols is 1. The van der Waals surface area contributed by atoms with Crippen molar-refractivity contribution in [2.24, 2.45) is 0 Å². The normalized spacial score (nSPS) is 11.4. The van der Waals surface area contributed by atoms with Crippen molar-refractivity contribution in [3.05, 3.63) is 90.5 Å². The van der Waals surface area contributed by atoms with Crippen molar-refractivity contribution in [1.82, 2.24) is 5.32 Å². The van der Waals surface area contributed by atoms with Crippen LogP contribution >= 0.6 is 0 Å². The van der Waals surface area contributed by atoms with Crippen molar-refractivity contribution in [3.8, 4) is 5.75 Å². The van der Waals surface area contributed by atoms with E-state index in [1.807, 2.05) is 36.4 Å². The molecule has 1 unspecified atom stereocenters. The number of carbonyl (C=O) groups is 2. The lowest BCUT2D eigenvalue weighted by Crippen LogP contribution is -2.47. The number of urea groups is 1. The van der Waals surface area contributed by atoms with E-state index in [9.17, 15) is 19.8 Å². The third-order valence-corrected chi connectivity index (χ3v) is 4.20. The lowest BCUT2D eigenvalue weighted by molar-refractivity contribution is -0.139. The zero-order valence-corrected chi connectivity index (χ0v) is 15.0. The maximum absolute atomic E-state index is 13.0. The number of rotatable bonds is 6. The number of nitrogens with zero attached hydrogens (tertiary/aromatic N) is 1. The van der Waals surface area contributed by atoms with Crippen LogP contribution < -0.4 is 10.2 Å². The van der Waals surface area contributed by atoms with Gasteiger partial charge in [-0.2, -0.15) is 0 Å². The first-order chi connectivity index (χ1) is 13.5. The number of carbonyl (C=O) groups excluding carboxylic acids is 1. The van der Waals surface area contributed by atoms with E-state index in [0.717, 1.165) is 0 Å². The number of nitrogens with one attached hydrogen (secondary N) is 1. The van der Waals surface area contributed by atoms with Gasteiger partial charge in [-0.25, -0.2) is 9.59 Å². The molecule has 3 rings (SSSR count). The van der Waals surface area contributed by atoms with Gasteiger partial charge in [0.25, 0.3) is 0 Å². The Kier molecular flexibility index (Phi) is 5.91. The molecule has 0 bridgehead atoms. The van der Waals surface area contributed by atoms with Gasteiger partial charge < -0.3 is 15.5 Å². The van der Waals surface area contributed by atoms with Crippen LogP contribution in [0.2, 0.25) is 0 Å². The predicted octanol–water partition coefficient (Wildman–Crippen LogP) is 3.94. The van der Waals surface area contributed by atoms with Crippen molar-refractivity contribution in [3.63, 3.8) is 0 Å². The molecule has 0 aliphatic heterocycles. The van der Waals surface area contributed by atoms with E-state index in [-0.39, 0.29) is 12.2 Å². The number of para-hydroxylation sites is 2. The Balaban J connectivity index is 1.85. The number of anilines is 2. The van der Waals surface area contributed by atoms with Crippen molar-refractivity contribution in [1.29, 1.82) is 0 Å². The molecule has 3 aromatic carbocycles. The van der Waals surface area contributed by atoms with Gasteiger partial charge in [-0.15, -0.1) is 0 Å². The van der Waals surface area contributed by atoms with Gasteiger partial charge in [0.15, 0.2) is 0 Å². The van der Waals surface area contributed by atoms with E-state index in [2.05, 4.69) is 5.32 Å². The zero-order valence-electron chi connectivity index (χ0n) is 15.0. The zero-order chi connectivity index (χ0) is 19.9. The van der Waals surface area contributed by atoms with Crippen LogP contribution in [0, 0.1) is 0 Å². The van der Waals surface area contributed by atoms with Crippen molar-refractivity contribution < 1.29 is 19.8 Å². The predicted molar refractivity (Wildman–Crippen MR) is 107 cm³/mol. The number of carboxylic acids is 1. The minimum Gasteiger partial charge on any atom is -0.508 e. The molecule has 3 aromatic rings. The summed E-state index contributed by atoms with van der Waals surface area (Å²) in [6.45, 7) is 0. The standard InChI is InChI=1S/C22H20N2O4/c25-19-13-11-16(12-14-19)15-20(21(26)27)23-22(28)24(17-7-3-1-4-8-17)18-9-5-2-6-10-18/h1-14,20,25H,15H2,(H,23,28)(H,26,27). The van der Waals surface area contributed by atoms with Gasteiger partial charge in [0, 0.05) is 6.42 Å². The third-order valence-electron chi connectivity index (χ3n) is 4.20.